The molecule has 2 aromatic carbocycles. The van der Waals surface area contributed by atoms with Crippen molar-refractivity contribution in [1.82, 2.24) is 0 Å². The van der Waals surface area contributed by atoms with E-state index in [0.717, 1.165) is 5.56 Å². The van der Waals surface area contributed by atoms with Crippen molar-refractivity contribution in [3.8, 4) is 5.75 Å². The van der Waals surface area contributed by atoms with Gasteiger partial charge in [-0.1, -0.05) is 23.8 Å². The Morgan fingerprint density at radius 2 is 1.88 bits per heavy atom. The van der Waals surface area contributed by atoms with Crippen molar-refractivity contribution in [2.45, 2.75) is 26.4 Å². The summed E-state index contributed by atoms with van der Waals surface area (Å²) in [6.45, 7) is 3.57. The molecular formula is C19H20FNO4. The van der Waals surface area contributed by atoms with Crippen LogP contribution in [-0.2, 0) is 14.3 Å². The standard InChI is InChI=1S/C19H20FNO4/c1-13-6-8-17(9-7-13)24-11-10-18(22)25-14(2)19(23)21-16-5-3-4-15(20)12-16/h3-9,12,14H,10-11H2,1-2H3,(H,21,23)/t14-/m0/s1. The molecule has 132 valence electrons. The summed E-state index contributed by atoms with van der Waals surface area (Å²) in [5, 5.41) is 2.49. The van der Waals surface area contributed by atoms with Crippen LogP contribution >= 0.6 is 0 Å². The molecule has 0 saturated carbocycles. The van der Waals surface area contributed by atoms with Crippen LogP contribution in [0, 0.1) is 12.7 Å². The highest BCUT2D eigenvalue weighted by atomic mass is 19.1. The average Bonchev–Trinajstić information content (AvgIpc) is 2.56. The fraction of sp³-hybridized carbons (Fsp3) is 0.263. The molecule has 25 heavy (non-hydrogen) atoms. The van der Waals surface area contributed by atoms with Crippen molar-refractivity contribution in [3.05, 3.63) is 59.9 Å². The number of amides is 1. The monoisotopic (exact) mass is 345 g/mol. The molecule has 0 fully saturated rings. The minimum atomic E-state index is -0.991. The SMILES string of the molecule is Cc1ccc(OCCC(=O)O[C@@H](C)C(=O)Nc2cccc(F)c2)cc1. The number of ether oxygens (including phenoxy) is 2. The van der Waals surface area contributed by atoms with Crippen LogP contribution in [0.4, 0.5) is 10.1 Å². The van der Waals surface area contributed by atoms with E-state index >= 15 is 0 Å². The van der Waals surface area contributed by atoms with E-state index in [2.05, 4.69) is 5.32 Å². The lowest BCUT2D eigenvalue weighted by Gasteiger charge is -2.14. The molecule has 1 amide bonds. The highest BCUT2D eigenvalue weighted by Gasteiger charge is 2.18. The fourth-order valence-electron chi connectivity index (χ4n) is 2.01. The van der Waals surface area contributed by atoms with Gasteiger partial charge in [0.25, 0.3) is 5.91 Å². The first-order valence-corrected chi connectivity index (χ1v) is 7.89. The van der Waals surface area contributed by atoms with Crippen LogP contribution in [0.5, 0.6) is 5.75 Å². The van der Waals surface area contributed by atoms with Crippen molar-refractivity contribution in [1.29, 1.82) is 0 Å². The van der Waals surface area contributed by atoms with Gasteiger partial charge in [0.2, 0.25) is 0 Å². The van der Waals surface area contributed by atoms with Gasteiger partial charge in [0.15, 0.2) is 6.10 Å². The van der Waals surface area contributed by atoms with Crippen LogP contribution in [0.3, 0.4) is 0 Å². The Morgan fingerprint density at radius 3 is 2.56 bits per heavy atom. The highest BCUT2D eigenvalue weighted by Crippen LogP contribution is 2.12. The Labute approximate surface area is 145 Å². The number of rotatable bonds is 7. The summed E-state index contributed by atoms with van der Waals surface area (Å²) in [6.07, 6.45) is -0.971. The molecule has 2 aromatic rings. The minimum Gasteiger partial charge on any atom is -0.493 e. The summed E-state index contributed by atoms with van der Waals surface area (Å²) in [7, 11) is 0. The second-order valence-corrected chi connectivity index (χ2v) is 5.54. The number of carbonyl (C=O) groups is 2. The van der Waals surface area contributed by atoms with Gasteiger partial charge in [0, 0.05) is 5.69 Å². The molecule has 2 rings (SSSR count). The largest absolute Gasteiger partial charge is 0.493 e. The normalized spacial score (nSPS) is 11.5. The summed E-state index contributed by atoms with van der Waals surface area (Å²) in [4.78, 5) is 23.7. The molecule has 1 atom stereocenters. The van der Waals surface area contributed by atoms with E-state index in [9.17, 15) is 14.0 Å². The molecule has 0 aliphatic rings. The maximum Gasteiger partial charge on any atom is 0.310 e. The number of halogens is 1. The average molecular weight is 345 g/mol. The third kappa shape index (κ3) is 6.25. The van der Waals surface area contributed by atoms with Gasteiger partial charge < -0.3 is 14.8 Å². The van der Waals surface area contributed by atoms with Crippen molar-refractivity contribution < 1.29 is 23.5 Å². The topological polar surface area (TPSA) is 64.6 Å². The lowest BCUT2D eigenvalue weighted by Crippen LogP contribution is -2.30. The second-order valence-electron chi connectivity index (χ2n) is 5.54. The Bertz CT molecular complexity index is 730. The van der Waals surface area contributed by atoms with Crippen LogP contribution in [0.2, 0.25) is 0 Å². The zero-order valence-electron chi connectivity index (χ0n) is 14.1. The van der Waals surface area contributed by atoms with E-state index in [1.807, 2.05) is 31.2 Å². The van der Waals surface area contributed by atoms with E-state index in [1.54, 1.807) is 6.07 Å². The van der Waals surface area contributed by atoms with Crippen LogP contribution in [-0.4, -0.2) is 24.6 Å². The summed E-state index contributed by atoms with van der Waals surface area (Å²) < 4.78 is 23.6. The molecule has 6 heteroatoms. The molecule has 0 radical (unpaired) electrons. The van der Waals surface area contributed by atoms with Crippen LogP contribution in [0.1, 0.15) is 18.9 Å². The van der Waals surface area contributed by atoms with E-state index in [-0.39, 0.29) is 13.0 Å². The molecule has 5 nitrogen and oxygen atoms in total. The number of hydrogen-bond donors (Lipinski definition) is 1. The van der Waals surface area contributed by atoms with E-state index < -0.39 is 23.8 Å². The maximum atomic E-state index is 13.1. The van der Waals surface area contributed by atoms with E-state index in [1.165, 1.54) is 25.1 Å². The van der Waals surface area contributed by atoms with E-state index in [0.29, 0.717) is 11.4 Å². The molecule has 0 unspecified atom stereocenters. The lowest BCUT2D eigenvalue weighted by molar-refractivity contribution is -0.153. The van der Waals surface area contributed by atoms with Crippen molar-refractivity contribution >= 4 is 17.6 Å². The molecule has 0 aromatic heterocycles. The zero-order chi connectivity index (χ0) is 18.2. The Balaban J connectivity index is 1.73. The van der Waals surface area contributed by atoms with Gasteiger partial charge in [0.05, 0.1) is 13.0 Å². The number of hydrogen-bond acceptors (Lipinski definition) is 4. The molecule has 0 bridgehead atoms. The van der Waals surface area contributed by atoms with Crippen LogP contribution in [0.25, 0.3) is 0 Å². The Hall–Kier alpha value is -2.89. The molecule has 0 aliphatic carbocycles. The van der Waals surface area contributed by atoms with Gasteiger partial charge in [0.1, 0.15) is 11.6 Å². The summed E-state index contributed by atoms with van der Waals surface area (Å²) in [6, 6.07) is 12.9. The Morgan fingerprint density at radius 1 is 1.16 bits per heavy atom. The van der Waals surface area contributed by atoms with Gasteiger partial charge in [-0.25, -0.2) is 4.39 Å². The maximum absolute atomic E-state index is 13.1. The number of benzene rings is 2. The second kappa shape index (κ2) is 8.82. The zero-order valence-corrected chi connectivity index (χ0v) is 14.1. The summed E-state index contributed by atoms with van der Waals surface area (Å²) in [5.74, 6) is -0.876. The molecule has 0 heterocycles. The minimum absolute atomic E-state index is 0.0193. The van der Waals surface area contributed by atoms with Crippen LogP contribution in [0.15, 0.2) is 48.5 Å². The first-order chi connectivity index (χ1) is 11.9. The van der Waals surface area contributed by atoms with E-state index in [4.69, 9.17) is 9.47 Å². The predicted molar refractivity (Wildman–Crippen MR) is 91.9 cm³/mol. The highest BCUT2D eigenvalue weighted by molar-refractivity contribution is 5.95. The first-order valence-electron chi connectivity index (χ1n) is 7.89. The van der Waals surface area contributed by atoms with Gasteiger partial charge in [-0.15, -0.1) is 0 Å². The number of aryl methyl sites for hydroxylation is 1. The van der Waals surface area contributed by atoms with Gasteiger partial charge >= 0.3 is 5.97 Å². The van der Waals surface area contributed by atoms with Crippen molar-refractivity contribution in [2.24, 2.45) is 0 Å². The molecular weight excluding hydrogens is 325 g/mol. The predicted octanol–water partition coefficient (Wildman–Crippen LogP) is 3.47. The first kappa shape index (κ1) is 18.4. The summed E-state index contributed by atoms with van der Waals surface area (Å²) in [5.41, 5.74) is 1.42. The van der Waals surface area contributed by atoms with Gasteiger partial charge in [-0.05, 0) is 44.2 Å². The number of anilines is 1. The molecule has 0 aliphatic heterocycles. The van der Waals surface area contributed by atoms with Crippen molar-refractivity contribution in [3.63, 3.8) is 0 Å². The van der Waals surface area contributed by atoms with Gasteiger partial charge in [-0.2, -0.15) is 0 Å². The Kier molecular flexibility index (Phi) is 6.51. The summed E-state index contributed by atoms with van der Waals surface area (Å²) >= 11 is 0. The number of esters is 1. The fourth-order valence-corrected chi connectivity index (χ4v) is 2.01. The quantitative estimate of drug-likeness (QED) is 0.781. The van der Waals surface area contributed by atoms with Crippen molar-refractivity contribution in [2.75, 3.05) is 11.9 Å². The third-order valence-corrected chi connectivity index (χ3v) is 3.37. The number of nitrogens with one attached hydrogen (secondary N) is 1. The smallest absolute Gasteiger partial charge is 0.310 e. The van der Waals surface area contributed by atoms with Crippen LogP contribution < -0.4 is 10.1 Å². The lowest BCUT2D eigenvalue weighted by atomic mass is 10.2. The third-order valence-electron chi connectivity index (χ3n) is 3.37. The molecule has 1 N–H and O–H groups in total. The van der Waals surface area contributed by atoms with Gasteiger partial charge in [-0.3, -0.25) is 9.59 Å². The molecule has 0 spiro atoms. The number of carbonyl (C=O) groups excluding carboxylic acids is 2. The molecule has 0 saturated heterocycles.